The van der Waals surface area contributed by atoms with Crippen LogP contribution in [0.2, 0.25) is 0 Å². The van der Waals surface area contributed by atoms with Crippen molar-refractivity contribution in [2.45, 2.75) is 32.8 Å². The third kappa shape index (κ3) is 4.84. The maximum Gasteiger partial charge on any atom is 0.321 e. The largest absolute Gasteiger partial charge is 0.474 e. The average Bonchev–Trinajstić information content (AvgIpc) is 2.56. The van der Waals surface area contributed by atoms with E-state index >= 15 is 0 Å². The number of hydrogen-bond donors (Lipinski definition) is 1. The lowest BCUT2D eigenvalue weighted by Crippen LogP contribution is -2.43. The summed E-state index contributed by atoms with van der Waals surface area (Å²) in [6.45, 7) is 5.29. The van der Waals surface area contributed by atoms with Gasteiger partial charge in [-0.05, 0) is 6.07 Å². The highest BCUT2D eigenvalue weighted by Crippen LogP contribution is 2.19. The topological polar surface area (TPSA) is 74.8 Å². The molecular weight excluding hydrogens is 308 g/mol. The molecule has 7 nitrogen and oxygen atoms in total. The Labute approximate surface area is 143 Å². The number of rotatable bonds is 4. The first-order chi connectivity index (χ1) is 11.4. The van der Waals surface area contributed by atoms with E-state index in [4.69, 9.17) is 4.74 Å². The molecule has 0 unspecified atom stereocenters. The zero-order valence-corrected chi connectivity index (χ0v) is 14.8. The number of nitrogens with zero attached hydrogens (tertiary/aromatic N) is 3. The van der Waals surface area contributed by atoms with Crippen molar-refractivity contribution < 1.29 is 14.3 Å². The number of piperidine rings is 1. The number of hydrogen-bond acceptors (Lipinski definition) is 4. The molecule has 1 saturated heterocycles. The van der Waals surface area contributed by atoms with Crippen LogP contribution in [0.3, 0.4) is 0 Å². The van der Waals surface area contributed by atoms with Crippen LogP contribution in [0.4, 0.5) is 10.5 Å². The van der Waals surface area contributed by atoms with Crippen molar-refractivity contribution in [3.8, 4) is 5.88 Å². The summed E-state index contributed by atoms with van der Waals surface area (Å²) in [5.41, 5.74) is 0.624. The first-order valence-electron chi connectivity index (χ1n) is 8.26. The van der Waals surface area contributed by atoms with E-state index in [0.717, 1.165) is 25.9 Å². The van der Waals surface area contributed by atoms with Gasteiger partial charge in [-0.1, -0.05) is 13.8 Å². The van der Waals surface area contributed by atoms with Gasteiger partial charge in [-0.2, -0.15) is 0 Å². The Bertz CT molecular complexity index is 564. The molecule has 0 saturated carbocycles. The van der Waals surface area contributed by atoms with E-state index in [0.29, 0.717) is 11.6 Å². The summed E-state index contributed by atoms with van der Waals surface area (Å²) in [5, 5.41) is 2.73. The molecule has 0 aromatic carbocycles. The Kier molecular flexibility index (Phi) is 6.00. The SMILES string of the molecule is CC(C)C(=O)N1CCC(Oc2ccc(NC(=O)N(C)C)cn2)CC1. The quantitative estimate of drug-likeness (QED) is 0.916. The van der Waals surface area contributed by atoms with Gasteiger partial charge >= 0.3 is 6.03 Å². The smallest absolute Gasteiger partial charge is 0.321 e. The standard InChI is InChI=1S/C17H26N4O3/c1-12(2)16(22)21-9-7-14(8-10-21)24-15-6-5-13(11-18-15)19-17(23)20(3)4/h5-6,11-12,14H,7-10H2,1-4H3,(H,19,23). The molecule has 1 aromatic heterocycles. The van der Waals surface area contributed by atoms with E-state index in [-0.39, 0.29) is 24.0 Å². The molecule has 1 fully saturated rings. The molecule has 132 valence electrons. The van der Waals surface area contributed by atoms with E-state index in [9.17, 15) is 9.59 Å². The lowest BCUT2D eigenvalue weighted by molar-refractivity contribution is -0.136. The first-order valence-corrected chi connectivity index (χ1v) is 8.26. The molecule has 2 heterocycles. The highest BCUT2D eigenvalue weighted by Gasteiger charge is 2.25. The number of carbonyl (C=O) groups excluding carboxylic acids is 2. The van der Waals surface area contributed by atoms with Gasteiger partial charge in [-0.15, -0.1) is 0 Å². The lowest BCUT2D eigenvalue weighted by atomic mass is 10.1. The molecule has 1 aliphatic rings. The Balaban J connectivity index is 1.83. The normalized spacial score (nSPS) is 15.3. The molecular formula is C17H26N4O3. The molecule has 2 rings (SSSR count). The molecule has 0 aliphatic carbocycles. The molecule has 0 atom stereocenters. The molecule has 0 radical (unpaired) electrons. The van der Waals surface area contributed by atoms with Crippen LogP contribution in [0.1, 0.15) is 26.7 Å². The first kappa shape index (κ1) is 18.0. The summed E-state index contributed by atoms with van der Waals surface area (Å²) in [7, 11) is 3.35. The molecule has 0 spiro atoms. The minimum Gasteiger partial charge on any atom is -0.474 e. The summed E-state index contributed by atoms with van der Waals surface area (Å²) in [4.78, 5) is 31.1. The van der Waals surface area contributed by atoms with Crippen LogP contribution in [0.15, 0.2) is 18.3 Å². The number of amides is 3. The second-order valence-corrected chi connectivity index (χ2v) is 6.51. The van der Waals surface area contributed by atoms with Gasteiger partial charge in [-0.25, -0.2) is 9.78 Å². The number of pyridine rings is 1. The summed E-state index contributed by atoms with van der Waals surface area (Å²) in [6, 6.07) is 3.31. The summed E-state index contributed by atoms with van der Waals surface area (Å²) < 4.78 is 5.88. The maximum atomic E-state index is 12.0. The number of anilines is 1. The minimum absolute atomic E-state index is 0.0362. The van der Waals surface area contributed by atoms with Gasteiger partial charge < -0.3 is 19.9 Å². The van der Waals surface area contributed by atoms with Crippen LogP contribution in [0.25, 0.3) is 0 Å². The van der Waals surface area contributed by atoms with E-state index in [2.05, 4.69) is 10.3 Å². The van der Waals surface area contributed by atoms with Gasteiger partial charge in [0.25, 0.3) is 0 Å². The third-order valence-corrected chi connectivity index (χ3v) is 3.93. The Morgan fingerprint density at radius 3 is 2.46 bits per heavy atom. The monoisotopic (exact) mass is 334 g/mol. The summed E-state index contributed by atoms with van der Waals surface area (Å²) >= 11 is 0. The highest BCUT2D eigenvalue weighted by atomic mass is 16.5. The van der Waals surface area contributed by atoms with Crippen LogP contribution in [-0.2, 0) is 4.79 Å². The molecule has 1 aliphatic heterocycles. The van der Waals surface area contributed by atoms with Crippen molar-refractivity contribution in [2.24, 2.45) is 5.92 Å². The second-order valence-electron chi connectivity index (χ2n) is 6.51. The van der Waals surface area contributed by atoms with Gasteiger partial charge in [-0.3, -0.25) is 4.79 Å². The number of likely N-dealkylation sites (tertiary alicyclic amines) is 1. The number of ether oxygens (including phenoxy) is 1. The fourth-order valence-electron chi connectivity index (χ4n) is 2.49. The third-order valence-electron chi connectivity index (χ3n) is 3.93. The fourth-order valence-corrected chi connectivity index (χ4v) is 2.49. The van der Waals surface area contributed by atoms with Crippen molar-refractivity contribution in [1.29, 1.82) is 0 Å². The van der Waals surface area contributed by atoms with Crippen molar-refractivity contribution >= 4 is 17.6 Å². The molecule has 3 amide bonds. The molecule has 1 aromatic rings. The van der Waals surface area contributed by atoms with Crippen molar-refractivity contribution in [3.05, 3.63) is 18.3 Å². The minimum atomic E-state index is -0.201. The second kappa shape index (κ2) is 7.99. The van der Waals surface area contributed by atoms with Crippen LogP contribution < -0.4 is 10.1 Å². The number of urea groups is 1. The van der Waals surface area contributed by atoms with Gasteiger partial charge in [0, 0.05) is 52.0 Å². The van der Waals surface area contributed by atoms with Crippen LogP contribution >= 0.6 is 0 Å². The summed E-state index contributed by atoms with van der Waals surface area (Å²) in [5.74, 6) is 0.771. The van der Waals surface area contributed by atoms with Gasteiger partial charge in [0.15, 0.2) is 0 Å². The maximum absolute atomic E-state index is 12.0. The van der Waals surface area contributed by atoms with Crippen molar-refractivity contribution in [3.63, 3.8) is 0 Å². The number of nitrogens with one attached hydrogen (secondary N) is 1. The summed E-state index contributed by atoms with van der Waals surface area (Å²) in [6.07, 6.45) is 3.25. The van der Waals surface area contributed by atoms with Crippen LogP contribution in [0.5, 0.6) is 5.88 Å². The van der Waals surface area contributed by atoms with Crippen molar-refractivity contribution in [2.75, 3.05) is 32.5 Å². The molecule has 24 heavy (non-hydrogen) atoms. The lowest BCUT2D eigenvalue weighted by Gasteiger charge is -2.33. The Hall–Kier alpha value is -2.31. The predicted octanol–water partition coefficient (Wildman–Crippen LogP) is 2.20. The zero-order valence-electron chi connectivity index (χ0n) is 14.8. The highest BCUT2D eigenvalue weighted by molar-refractivity contribution is 5.88. The van der Waals surface area contributed by atoms with Crippen LogP contribution in [-0.4, -0.2) is 60.0 Å². The Morgan fingerprint density at radius 1 is 1.29 bits per heavy atom. The Morgan fingerprint density at radius 2 is 1.96 bits per heavy atom. The van der Waals surface area contributed by atoms with E-state index < -0.39 is 0 Å². The molecule has 1 N–H and O–H groups in total. The fraction of sp³-hybridized carbons (Fsp3) is 0.588. The average molecular weight is 334 g/mol. The van der Waals surface area contributed by atoms with Gasteiger partial charge in [0.05, 0.1) is 11.9 Å². The molecule has 0 bridgehead atoms. The van der Waals surface area contributed by atoms with Gasteiger partial charge in [0.2, 0.25) is 11.8 Å². The van der Waals surface area contributed by atoms with E-state index in [1.807, 2.05) is 18.7 Å². The molecule has 7 heteroatoms. The zero-order chi connectivity index (χ0) is 17.7. The predicted molar refractivity (Wildman–Crippen MR) is 92.0 cm³/mol. The van der Waals surface area contributed by atoms with Crippen LogP contribution in [0, 0.1) is 5.92 Å². The number of carbonyl (C=O) groups is 2. The van der Waals surface area contributed by atoms with E-state index in [1.54, 1.807) is 32.4 Å². The number of aromatic nitrogens is 1. The van der Waals surface area contributed by atoms with Crippen molar-refractivity contribution in [1.82, 2.24) is 14.8 Å². The van der Waals surface area contributed by atoms with Gasteiger partial charge in [0.1, 0.15) is 6.10 Å². The van der Waals surface area contributed by atoms with E-state index in [1.165, 1.54) is 4.90 Å².